The molecule has 0 aromatic heterocycles. The molecule has 0 radical (unpaired) electrons. The van der Waals surface area contributed by atoms with Crippen molar-refractivity contribution in [1.29, 1.82) is 0 Å². The van der Waals surface area contributed by atoms with Crippen molar-refractivity contribution >= 4 is 17.6 Å². The molecule has 35 heavy (non-hydrogen) atoms. The Hall–Kier alpha value is -2.45. The molecule has 1 aromatic carbocycles. The number of nitrogens with zero attached hydrogens (tertiary/aromatic N) is 2. The number of carbonyl (C=O) groups excluding carboxylic acids is 3. The lowest BCUT2D eigenvalue weighted by Crippen LogP contribution is -2.46. The molecular weight excluding hydrogens is 444 g/mol. The average Bonchev–Trinajstić information content (AvgIpc) is 2.80. The molecule has 8 heteroatoms. The Balaban J connectivity index is 0.00000306. The van der Waals surface area contributed by atoms with Gasteiger partial charge in [-0.15, -0.1) is 0 Å². The summed E-state index contributed by atoms with van der Waals surface area (Å²) in [7, 11) is 1.69. The van der Waals surface area contributed by atoms with E-state index in [0.29, 0.717) is 19.6 Å². The topological polar surface area (TPSA) is 91.0 Å². The second-order valence-corrected chi connectivity index (χ2v) is 9.44. The van der Waals surface area contributed by atoms with Crippen molar-refractivity contribution in [2.45, 2.75) is 61.1 Å². The number of piperidine rings is 1. The number of Topliss-reactive ketones (excluding diaryl/α,β-unsaturated/α-hetero) is 1. The van der Waals surface area contributed by atoms with Gasteiger partial charge in [0.05, 0.1) is 20.2 Å². The van der Waals surface area contributed by atoms with Crippen LogP contribution in [0.2, 0.25) is 0 Å². The number of methoxy groups -OCH3 is 1. The summed E-state index contributed by atoms with van der Waals surface area (Å²) in [5.74, 6) is -0.0237. The molecule has 3 rings (SSSR count). The van der Waals surface area contributed by atoms with E-state index in [0.717, 1.165) is 36.5 Å². The first-order chi connectivity index (χ1) is 15.9. The van der Waals surface area contributed by atoms with E-state index in [-0.39, 0.29) is 57.4 Å². The Kier molecular flexibility index (Phi) is 13.0. The van der Waals surface area contributed by atoms with Gasteiger partial charge in [0.15, 0.2) is 0 Å². The van der Waals surface area contributed by atoms with Crippen LogP contribution < -0.4 is 15.4 Å². The van der Waals surface area contributed by atoms with Crippen molar-refractivity contribution in [3.8, 4) is 5.75 Å². The van der Waals surface area contributed by atoms with Gasteiger partial charge in [0.2, 0.25) is 11.8 Å². The third kappa shape index (κ3) is 9.26. The van der Waals surface area contributed by atoms with Crippen LogP contribution in [0.5, 0.6) is 5.75 Å². The molecule has 0 aliphatic carbocycles. The van der Waals surface area contributed by atoms with E-state index >= 15 is 0 Å². The number of ether oxygens (including phenoxy) is 1. The van der Waals surface area contributed by atoms with Gasteiger partial charge in [0.1, 0.15) is 11.5 Å². The average molecular weight is 491 g/mol. The van der Waals surface area contributed by atoms with Crippen molar-refractivity contribution in [2.75, 3.05) is 46.4 Å². The smallest absolute Gasteiger partial charge is 0.234 e. The van der Waals surface area contributed by atoms with Crippen LogP contribution in [0, 0.1) is 11.8 Å². The number of likely N-dealkylation sites (tertiary alicyclic amines) is 1. The molecule has 2 aliphatic heterocycles. The fourth-order valence-electron chi connectivity index (χ4n) is 4.58. The van der Waals surface area contributed by atoms with E-state index in [1.807, 2.05) is 30.9 Å². The standard InChI is InChI=1S/C25H38N4O4.2CH4/c1-18-12-26-23(30)16-29(17-24(31)27-13-19(2)25(18)32)14-20-7-8-22(33-3)21(11-20)15-28-9-5-4-6-10-28;;/h7-8,11,18-19H,4-6,9-10,12-17H2,1-3H3,(H,26,30)(H,27,31);2*1H4. The number of rotatable bonds is 5. The van der Waals surface area contributed by atoms with Crippen LogP contribution >= 0.6 is 0 Å². The minimum Gasteiger partial charge on any atom is -0.496 e. The summed E-state index contributed by atoms with van der Waals surface area (Å²) in [5, 5.41) is 5.71. The van der Waals surface area contributed by atoms with Crippen LogP contribution in [0.15, 0.2) is 18.2 Å². The Morgan fingerprint density at radius 3 is 1.97 bits per heavy atom. The van der Waals surface area contributed by atoms with E-state index in [9.17, 15) is 14.4 Å². The number of carbonyl (C=O) groups is 3. The van der Waals surface area contributed by atoms with Crippen LogP contribution in [0.25, 0.3) is 0 Å². The lowest BCUT2D eigenvalue weighted by Gasteiger charge is -2.28. The van der Waals surface area contributed by atoms with Crippen molar-refractivity contribution in [3.05, 3.63) is 29.3 Å². The van der Waals surface area contributed by atoms with Crippen molar-refractivity contribution < 1.29 is 19.1 Å². The zero-order chi connectivity index (χ0) is 23.8. The lowest BCUT2D eigenvalue weighted by molar-refractivity contribution is -0.128. The summed E-state index contributed by atoms with van der Waals surface area (Å²) in [6, 6.07) is 6.09. The Bertz CT molecular complexity index is 808. The van der Waals surface area contributed by atoms with E-state index < -0.39 is 0 Å². The fraction of sp³-hybridized carbons (Fsp3) is 0.667. The summed E-state index contributed by atoms with van der Waals surface area (Å²) in [5.41, 5.74) is 2.16. The van der Waals surface area contributed by atoms with Crippen molar-refractivity contribution in [1.82, 2.24) is 20.4 Å². The molecule has 2 aliphatic rings. The third-order valence-corrected chi connectivity index (χ3v) is 6.51. The molecule has 2 atom stereocenters. The Morgan fingerprint density at radius 1 is 0.857 bits per heavy atom. The molecule has 198 valence electrons. The van der Waals surface area contributed by atoms with Crippen LogP contribution in [0.3, 0.4) is 0 Å². The molecule has 1 aromatic rings. The maximum Gasteiger partial charge on any atom is 0.234 e. The van der Waals surface area contributed by atoms with Crippen LogP contribution in [0.4, 0.5) is 0 Å². The monoisotopic (exact) mass is 490 g/mol. The molecule has 2 heterocycles. The van der Waals surface area contributed by atoms with Crippen molar-refractivity contribution in [3.63, 3.8) is 0 Å². The minimum absolute atomic E-state index is 0. The highest BCUT2D eigenvalue weighted by Crippen LogP contribution is 2.24. The molecule has 0 bridgehead atoms. The fourth-order valence-corrected chi connectivity index (χ4v) is 4.58. The molecule has 2 N–H and O–H groups in total. The third-order valence-electron chi connectivity index (χ3n) is 6.51. The number of benzene rings is 1. The largest absolute Gasteiger partial charge is 0.496 e. The summed E-state index contributed by atoms with van der Waals surface area (Å²) < 4.78 is 5.59. The maximum absolute atomic E-state index is 12.5. The van der Waals surface area contributed by atoms with Gasteiger partial charge in [-0.3, -0.25) is 24.2 Å². The Labute approximate surface area is 211 Å². The van der Waals surface area contributed by atoms with Crippen LogP contribution in [0.1, 0.15) is 59.1 Å². The van der Waals surface area contributed by atoms with Gasteiger partial charge in [-0.05, 0) is 43.6 Å². The molecule has 2 saturated heterocycles. The summed E-state index contributed by atoms with van der Waals surface area (Å²) in [4.78, 5) is 41.8. The van der Waals surface area contributed by atoms with Gasteiger partial charge in [-0.1, -0.05) is 41.2 Å². The van der Waals surface area contributed by atoms with Crippen LogP contribution in [-0.2, 0) is 27.5 Å². The molecule has 0 spiro atoms. The molecule has 2 amide bonds. The number of ketones is 1. The van der Waals surface area contributed by atoms with Gasteiger partial charge >= 0.3 is 0 Å². The molecule has 2 fully saturated rings. The van der Waals surface area contributed by atoms with Gasteiger partial charge in [0, 0.05) is 43.6 Å². The zero-order valence-corrected chi connectivity index (χ0v) is 20.2. The van der Waals surface area contributed by atoms with E-state index in [2.05, 4.69) is 21.6 Å². The second kappa shape index (κ2) is 14.8. The molecule has 8 nitrogen and oxygen atoms in total. The number of hydrogen-bond donors (Lipinski definition) is 2. The van der Waals surface area contributed by atoms with E-state index in [1.165, 1.54) is 19.3 Å². The first kappa shape index (κ1) is 30.6. The highest BCUT2D eigenvalue weighted by atomic mass is 16.5. The van der Waals surface area contributed by atoms with Gasteiger partial charge in [-0.25, -0.2) is 0 Å². The minimum atomic E-state index is -0.285. The van der Waals surface area contributed by atoms with Crippen LogP contribution in [-0.4, -0.2) is 73.8 Å². The SMILES string of the molecule is C.C.COc1ccc(CN2CC(=O)NCC(C)C(=O)C(C)CNC(=O)C2)cc1CN1CCCCC1. The van der Waals surface area contributed by atoms with Gasteiger partial charge in [-0.2, -0.15) is 0 Å². The summed E-state index contributed by atoms with van der Waals surface area (Å²) in [6.07, 6.45) is 3.74. The quantitative estimate of drug-likeness (QED) is 0.660. The normalized spacial score (nSPS) is 23.0. The Morgan fingerprint density at radius 2 is 1.43 bits per heavy atom. The van der Waals surface area contributed by atoms with Crippen molar-refractivity contribution in [2.24, 2.45) is 11.8 Å². The number of nitrogens with one attached hydrogen (secondary N) is 2. The molecule has 2 unspecified atom stereocenters. The predicted octanol–water partition coefficient (Wildman–Crippen LogP) is 2.84. The maximum atomic E-state index is 12.5. The molecule has 0 saturated carbocycles. The number of amides is 2. The first-order valence-corrected chi connectivity index (χ1v) is 12.0. The highest BCUT2D eigenvalue weighted by Gasteiger charge is 2.24. The summed E-state index contributed by atoms with van der Waals surface area (Å²) >= 11 is 0. The summed E-state index contributed by atoms with van der Waals surface area (Å²) in [6.45, 7) is 7.94. The number of hydrogen-bond acceptors (Lipinski definition) is 6. The lowest BCUT2D eigenvalue weighted by atomic mass is 9.95. The highest BCUT2D eigenvalue weighted by molar-refractivity contribution is 5.86. The second-order valence-electron chi connectivity index (χ2n) is 9.44. The van der Waals surface area contributed by atoms with Gasteiger partial charge < -0.3 is 15.4 Å². The van der Waals surface area contributed by atoms with Gasteiger partial charge in [0.25, 0.3) is 0 Å². The zero-order valence-electron chi connectivity index (χ0n) is 20.2. The van der Waals surface area contributed by atoms with E-state index in [4.69, 9.17) is 4.74 Å². The molecular formula is C27H46N4O4. The predicted molar refractivity (Wildman–Crippen MR) is 140 cm³/mol. The van der Waals surface area contributed by atoms with E-state index in [1.54, 1.807) is 7.11 Å². The first-order valence-electron chi connectivity index (χ1n) is 12.0.